The van der Waals surface area contributed by atoms with Gasteiger partial charge in [-0.15, -0.1) is 0 Å². The number of rotatable bonds is 5. The number of aromatic nitrogens is 1. The Balaban J connectivity index is 2.31. The van der Waals surface area contributed by atoms with E-state index < -0.39 is 0 Å². The van der Waals surface area contributed by atoms with Crippen molar-refractivity contribution in [3.05, 3.63) is 22.8 Å². The molecule has 0 spiro atoms. The zero-order chi connectivity index (χ0) is 12.0. The Morgan fingerprint density at radius 1 is 1.69 bits per heavy atom. The molecular formula is C10H14BrN3OS. The standard InChI is InChI=1S/C10H14BrN3OS/c1-7(12)5-16-6-10(15)14-9-3-2-8(11)4-13-9/h2-4,7H,5-6,12H2,1H3,(H,13,14,15). The van der Waals surface area contributed by atoms with Crippen LogP contribution in [-0.4, -0.2) is 28.4 Å². The maximum Gasteiger partial charge on any atom is 0.235 e. The highest BCUT2D eigenvalue weighted by Gasteiger charge is 2.04. The van der Waals surface area contributed by atoms with E-state index in [1.165, 1.54) is 11.8 Å². The SMILES string of the molecule is CC(N)CSCC(=O)Nc1ccc(Br)cn1. The molecule has 0 bridgehead atoms. The van der Waals surface area contributed by atoms with Gasteiger partial charge in [0.05, 0.1) is 5.75 Å². The summed E-state index contributed by atoms with van der Waals surface area (Å²) < 4.78 is 0.886. The summed E-state index contributed by atoms with van der Waals surface area (Å²) in [7, 11) is 0. The molecule has 0 fully saturated rings. The number of hydrogen-bond donors (Lipinski definition) is 2. The van der Waals surface area contributed by atoms with Crippen LogP contribution in [0.4, 0.5) is 5.82 Å². The quantitative estimate of drug-likeness (QED) is 0.871. The van der Waals surface area contributed by atoms with Gasteiger partial charge in [0.25, 0.3) is 0 Å². The monoisotopic (exact) mass is 303 g/mol. The van der Waals surface area contributed by atoms with Crippen LogP contribution < -0.4 is 11.1 Å². The third kappa shape index (κ3) is 5.48. The predicted molar refractivity (Wildman–Crippen MR) is 71.5 cm³/mol. The van der Waals surface area contributed by atoms with Crippen molar-refractivity contribution < 1.29 is 4.79 Å². The zero-order valence-electron chi connectivity index (χ0n) is 8.94. The molecule has 0 aliphatic carbocycles. The number of carbonyl (C=O) groups excluding carboxylic acids is 1. The molecule has 1 aromatic rings. The molecular weight excluding hydrogens is 290 g/mol. The molecule has 1 amide bonds. The van der Waals surface area contributed by atoms with Crippen LogP contribution in [0.2, 0.25) is 0 Å². The van der Waals surface area contributed by atoms with Gasteiger partial charge in [-0.3, -0.25) is 4.79 Å². The molecule has 1 aromatic heterocycles. The highest BCUT2D eigenvalue weighted by atomic mass is 79.9. The van der Waals surface area contributed by atoms with E-state index in [1.54, 1.807) is 12.3 Å². The third-order valence-electron chi connectivity index (χ3n) is 1.61. The van der Waals surface area contributed by atoms with Gasteiger partial charge in [-0.25, -0.2) is 4.98 Å². The second-order valence-electron chi connectivity index (χ2n) is 3.40. The second-order valence-corrected chi connectivity index (χ2v) is 5.35. The van der Waals surface area contributed by atoms with Gasteiger partial charge in [-0.05, 0) is 35.0 Å². The smallest absolute Gasteiger partial charge is 0.235 e. The van der Waals surface area contributed by atoms with Gasteiger partial charge >= 0.3 is 0 Å². The Bertz CT molecular complexity index is 342. The number of pyridine rings is 1. The third-order valence-corrected chi connectivity index (χ3v) is 3.31. The molecule has 1 atom stereocenters. The molecule has 4 nitrogen and oxygen atoms in total. The molecule has 3 N–H and O–H groups in total. The van der Waals surface area contributed by atoms with E-state index in [-0.39, 0.29) is 11.9 Å². The second kappa shape index (κ2) is 6.88. The Kier molecular flexibility index (Phi) is 5.79. The molecule has 1 rings (SSSR count). The van der Waals surface area contributed by atoms with Crippen molar-refractivity contribution in [2.45, 2.75) is 13.0 Å². The molecule has 0 saturated heterocycles. The number of amides is 1. The maximum absolute atomic E-state index is 11.5. The number of nitrogens with two attached hydrogens (primary N) is 1. The van der Waals surface area contributed by atoms with Gasteiger partial charge in [-0.1, -0.05) is 0 Å². The van der Waals surface area contributed by atoms with Crippen molar-refractivity contribution >= 4 is 39.4 Å². The largest absolute Gasteiger partial charge is 0.327 e. The van der Waals surface area contributed by atoms with Crippen LogP contribution in [-0.2, 0) is 4.79 Å². The minimum absolute atomic E-state index is 0.0551. The van der Waals surface area contributed by atoms with Crippen LogP contribution in [0.5, 0.6) is 0 Å². The highest BCUT2D eigenvalue weighted by Crippen LogP contribution is 2.11. The fourth-order valence-electron chi connectivity index (χ4n) is 0.966. The molecule has 6 heteroatoms. The topological polar surface area (TPSA) is 68.0 Å². The minimum Gasteiger partial charge on any atom is -0.327 e. The van der Waals surface area contributed by atoms with Crippen LogP contribution in [0.15, 0.2) is 22.8 Å². The fourth-order valence-corrected chi connectivity index (χ4v) is 1.95. The zero-order valence-corrected chi connectivity index (χ0v) is 11.3. The first-order valence-corrected chi connectivity index (χ1v) is 6.77. The van der Waals surface area contributed by atoms with E-state index in [9.17, 15) is 4.79 Å². The number of nitrogens with zero attached hydrogens (tertiary/aromatic N) is 1. The summed E-state index contributed by atoms with van der Waals surface area (Å²) in [5.74, 6) is 1.69. The van der Waals surface area contributed by atoms with Gasteiger partial charge in [0.1, 0.15) is 5.82 Å². The van der Waals surface area contributed by atoms with Crippen LogP contribution in [0, 0.1) is 0 Å². The number of thioether (sulfide) groups is 1. The predicted octanol–water partition coefficient (Wildman–Crippen LogP) is 1.86. The minimum atomic E-state index is -0.0551. The highest BCUT2D eigenvalue weighted by molar-refractivity contribution is 9.10. The number of anilines is 1. The Morgan fingerprint density at radius 2 is 2.44 bits per heavy atom. The first-order valence-electron chi connectivity index (χ1n) is 4.82. The van der Waals surface area contributed by atoms with Gasteiger partial charge in [-0.2, -0.15) is 11.8 Å². The van der Waals surface area contributed by atoms with Crippen molar-refractivity contribution in [3.8, 4) is 0 Å². The van der Waals surface area contributed by atoms with Gasteiger partial charge in [0.2, 0.25) is 5.91 Å². The molecule has 0 radical (unpaired) electrons. The number of halogens is 1. The molecule has 0 saturated carbocycles. The first-order chi connectivity index (χ1) is 7.58. The summed E-state index contributed by atoms with van der Waals surface area (Å²) in [6.45, 7) is 1.92. The van der Waals surface area contributed by atoms with E-state index in [4.69, 9.17) is 5.73 Å². The van der Waals surface area contributed by atoms with Crippen LogP contribution in [0.25, 0.3) is 0 Å². The molecule has 1 heterocycles. The summed E-state index contributed by atoms with van der Waals surface area (Å²) in [6, 6.07) is 3.69. The van der Waals surface area contributed by atoms with Crippen LogP contribution >= 0.6 is 27.7 Å². The van der Waals surface area contributed by atoms with Crippen molar-refractivity contribution in [2.75, 3.05) is 16.8 Å². The van der Waals surface area contributed by atoms with Crippen molar-refractivity contribution in [1.82, 2.24) is 4.98 Å². The average molecular weight is 304 g/mol. The lowest BCUT2D eigenvalue weighted by Crippen LogP contribution is -2.20. The maximum atomic E-state index is 11.5. The van der Waals surface area contributed by atoms with E-state index in [2.05, 4.69) is 26.2 Å². The summed E-state index contributed by atoms with van der Waals surface area (Å²) in [6.07, 6.45) is 1.64. The Labute approximate surface area is 108 Å². The summed E-state index contributed by atoms with van der Waals surface area (Å²) in [4.78, 5) is 15.5. The average Bonchev–Trinajstić information content (AvgIpc) is 2.21. The van der Waals surface area contributed by atoms with Crippen molar-refractivity contribution in [1.29, 1.82) is 0 Å². The van der Waals surface area contributed by atoms with Gasteiger partial charge in [0, 0.05) is 22.5 Å². The number of carbonyl (C=O) groups is 1. The fraction of sp³-hybridized carbons (Fsp3) is 0.400. The molecule has 0 aliphatic rings. The van der Waals surface area contributed by atoms with Crippen LogP contribution in [0.1, 0.15) is 6.92 Å². The molecule has 0 aromatic carbocycles. The summed E-state index contributed by atoms with van der Waals surface area (Å²) in [5, 5.41) is 2.71. The Hall–Kier alpha value is -0.590. The van der Waals surface area contributed by atoms with Gasteiger partial charge in [0.15, 0.2) is 0 Å². The van der Waals surface area contributed by atoms with E-state index in [0.717, 1.165) is 10.2 Å². The molecule has 88 valence electrons. The van der Waals surface area contributed by atoms with E-state index >= 15 is 0 Å². The lowest BCUT2D eigenvalue weighted by atomic mass is 10.4. The van der Waals surface area contributed by atoms with Crippen LogP contribution in [0.3, 0.4) is 0 Å². The summed E-state index contributed by atoms with van der Waals surface area (Å²) >= 11 is 4.79. The van der Waals surface area contributed by atoms with E-state index in [1.807, 2.05) is 13.0 Å². The first kappa shape index (κ1) is 13.5. The van der Waals surface area contributed by atoms with Crippen molar-refractivity contribution in [3.63, 3.8) is 0 Å². The molecule has 1 unspecified atom stereocenters. The Morgan fingerprint density at radius 3 is 3.00 bits per heavy atom. The lowest BCUT2D eigenvalue weighted by Gasteiger charge is -2.05. The lowest BCUT2D eigenvalue weighted by molar-refractivity contribution is -0.113. The summed E-state index contributed by atoms with van der Waals surface area (Å²) in [5.41, 5.74) is 5.58. The number of nitrogens with one attached hydrogen (secondary N) is 1. The molecule has 16 heavy (non-hydrogen) atoms. The normalized spacial score (nSPS) is 12.2. The van der Waals surface area contributed by atoms with E-state index in [0.29, 0.717) is 11.6 Å². The number of hydrogen-bond acceptors (Lipinski definition) is 4. The molecule has 0 aliphatic heterocycles. The van der Waals surface area contributed by atoms with Gasteiger partial charge < -0.3 is 11.1 Å². The van der Waals surface area contributed by atoms with Crippen molar-refractivity contribution in [2.24, 2.45) is 5.73 Å².